The van der Waals surface area contributed by atoms with Gasteiger partial charge in [-0.2, -0.15) is 0 Å². The first kappa shape index (κ1) is 15.4. The van der Waals surface area contributed by atoms with E-state index in [1.165, 1.54) is 5.56 Å². The Morgan fingerprint density at radius 1 is 1.05 bits per heavy atom. The van der Waals surface area contributed by atoms with Crippen LogP contribution in [0.3, 0.4) is 0 Å². The predicted octanol–water partition coefficient (Wildman–Crippen LogP) is 4.87. The predicted molar refractivity (Wildman–Crippen MR) is 87.9 cm³/mol. The molecule has 0 bridgehead atoms. The number of hydrogen-bond donors (Lipinski definition) is 0. The number of pyridine rings is 1. The van der Waals surface area contributed by atoms with Crippen molar-refractivity contribution in [2.45, 2.75) is 47.0 Å². The minimum absolute atomic E-state index is 0.0760. The van der Waals surface area contributed by atoms with E-state index >= 15 is 0 Å². The van der Waals surface area contributed by atoms with E-state index in [0.29, 0.717) is 0 Å². The molecule has 0 N–H and O–H groups in total. The number of aryl methyl sites for hydroxylation is 2. The van der Waals surface area contributed by atoms with Gasteiger partial charge in [0.1, 0.15) is 0 Å². The summed E-state index contributed by atoms with van der Waals surface area (Å²) in [7, 11) is 0. The molecule has 2 nitrogen and oxygen atoms in total. The molecule has 0 aliphatic heterocycles. The number of carbonyl (C=O) groups excluding carboxylic acids is 1. The second-order valence-corrected chi connectivity index (χ2v) is 6.67. The molecular weight excluding hydrogens is 258 g/mol. The van der Waals surface area contributed by atoms with Crippen LogP contribution in [0, 0.1) is 13.8 Å². The van der Waals surface area contributed by atoms with E-state index in [9.17, 15) is 4.79 Å². The highest BCUT2D eigenvalue weighted by Gasteiger charge is 2.15. The lowest BCUT2D eigenvalue weighted by Crippen LogP contribution is -2.10. The van der Waals surface area contributed by atoms with E-state index in [-0.39, 0.29) is 11.2 Å². The van der Waals surface area contributed by atoms with Crippen LogP contribution in [0.4, 0.5) is 0 Å². The van der Waals surface area contributed by atoms with Crippen LogP contribution < -0.4 is 0 Å². The Hall–Kier alpha value is -1.96. The summed E-state index contributed by atoms with van der Waals surface area (Å²) in [6.07, 6.45) is 0. The molecular formula is C19H23NO. The molecule has 0 saturated carbocycles. The van der Waals surface area contributed by atoms with Crippen LogP contribution in [-0.2, 0) is 5.41 Å². The molecule has 2 rings (SSSR count). The third-order valence-corrected chi connectivity index (χ3v) is 3.80. The first-order chi connectivity index (χ1) is 9.70. The Labute approximate surface area is 127 Å². The molecule has 1 aromatic carbocycles. The van der Waals surface area contributed by atoms with Crippen molar-refractivity contribution in [3.8, 4) is 11.3 Å². The van der Waals surface area contributed by atoms with Gasteiger partial charge in [0.05, 0.1) is 5.69 Å². The second-order valence-electron chi connectivity index (χ2n) is 6.67. The van der Waals surface area contributed by atoms with Gasteiger partial charge in [0, 0.05) is 16.8 Å². The Bertz CT molecular complexity index is 653. The molecule has 0 amide bonds. The number of carbonyl (C=O) groups is 1. The maximum Gasteiger partial charge on any atom is 0.161 e. The minimum atomic E-state index is 0.0760. The van der Waals surface area contributed by atoms with E-state index in [0.717, 1.165) is 28.1 Å². The van der Waals surface area contributed by atoms with Crippen molar-refractivity contribution in [3.05, 3.63) is 52.7 Å². The topological polar surface area (TPSA) is 30.0 Å². The normalized spacial score (nSPS) is 11.5. The summed E-state index contributed by atoms with van der Waals surface area (Å²) < 4.78 is 0. The number of benzene rings is 1. The van der Waals surface area contributed by atoms with Crippen LogP contribution in [-0.4, -0.2) is 10.8 Å². The second kappa shape index (κ2) is 5.44. The fourth-order valence-electron chi connectivity index (χ4n) is 2.65. The van der Waals surface area contributed by atoms with Gasteiger partial charge >= 0.3 is 0 Å². The fraction of sp³-hybridized carbons (Fsp3) is 0.368. The van der Waals surface area contributed by atoms with Crippen molar-refractivity contribution in [2.24, 2.45) is 0 Å². The highest BCUT2D eigenvalue weighted by molar-refractivity contribution is 5.96. The average Bonchev–Trinajstić information content (AvgIpc) is 2.36. The van der Waals surface area contributed by atoms with Gasteiger partial charge in [0.15, 0.2) is 5.78 Å². The summed E-state index contributed by atoms with van der Waals surface area (Å²) in [4.78, 5) is 16.2. The minimum Gasteiger partial charge on any atom is -0.294 e. The Morgan fingerprint density at radius 3 is 2.05 bits per heavy atom. The van der Waals surface area contributed by atoms with Gasteiger partial charge in [-0.1, -0.05) is 45.0 Å². The third-order valence-electron chi connectivity index (χ3n) is 3.80. The molecule has 21 heavy (non-hydrogen) atoms. The molecule has 0 aliphatic carbocycles. The van der Waals surface area contributed by atoms with Crippen LogP contribution in [0.15, 0.2) is 30.3 Å². The Balaban J connectivity index is 2.46. The van der Waals surface area contributed by atoms with E-state index < -0.39 is 0 Å². The summed E-state index contributed by atoms with van der Waals surface area (Å²) >= 11 is 0. The molecule has 0 atom stereocenters. The largest absolute Gasteiger partial charge is 0.294 e. The number of hydrogen-bond acceptors (Lipinski definition) is 2. The zero-order valence-corrected chi connectivity index (χ0v) is 13.7. The summed E-state index contributed by atoms with van der Waals surface area (Å²) in [6.45, 7) is 12.1. The molecule has 2 aromatic rings. The zero-order valence-electron chi connectivity index (χ0n) is 13.7. The summed E-state index contributed by atoms with van der Waals surface area (Å²) in [6, 6.07) is 10.5. The highest BCUT2D eigenvalue weighted by atomic mass is 16.1. The number of aromatic nitrogens is 1. The highest BCUT2D eigenvalue weighted by Crippen LogP contribution is 2.27. The number of rotatable bonds is 2. The molecule has 0 spiro atoms. The zero-order chi connectivity index (χ0) is 15.8. The fourth-order valence-corrected chi connectivity index (χ4v) is 2.65. The number of Topliss-reactive ketones (excluding diaryl/α,β-unsaturated/α-hetero) is 1. The molecule has 0 unspecified atom stereocenters. The Kier molecular flexibility index (Phi) is 3.99. The molecule has 2 heteroatoms. The van der Waals surface area contributed by atoms with Crippen molar-refractivity contribution >= 4 is 5.78 Å². The molecule has 110 valence electrons. The first-order valence-electron chi connectivity index (χ1n) is 7.30. The number of ketones is 1. The smallest absolute Gasteiger partial charge is 0.161 e. The van der Waals surface area contributed by atoms with Crippen molar-refractivity contribution < 1.29 is 4.79 Å². The molecule has 1 aromatic heterocycles. The monoisotopic (exact) mass is 281 g/mol. The van der Waals surface area contributed by atoms with Crippen molar-refractivity contribution in [3.63, 3.8) is 0 Å². The lowest BCUT2D eigenvalue weighted by molar-refractivity contribution is 0.101. The van der Waals surface area contributed by atoms with Gasteiger partial charge in [-0.05, 0) is 43.4 Å². The standard InChI is InChI=1S/C19H23NO/c1-12-11-17(20-13(2)18(12)14(3)21)15-7-9-16(10-8-15)19(4,5)6/h7-11H,1-6H3. The Morgan fingerprint density at radius 2 is 1.62 bits per heavy atom. The van der Waals surface area contributed by atoms with Crippen LogP contribution in [0.5, 0.6) is 0 Å². The maximum absolute atomic E-state index is 11.6. The first-order valence-corrected chi connectivity index (χ1v) is 7.30. The summed E-state index contributed by atoms with van der Waals surface area (Å²) in [5.41, 5.74) is 6.00. The van der Waals surface area contributed by atoms with Gasteiger partial charge in [0.2, 0.25) is 0 Å². The SMILES string of the molecule is CC(=O)c1c(C)cc(-c2ccc(C(C)(C)C)cc2)nc1C. The maximum atomic E-state index is 11.6. The van der Waals surface area contributed by atoms with Crippen LogP contribution >= 0.6 is 0 Å². The molecule has 0 saturated heterocycles. The van der Waals surface area contributed by atoms with E-state index in [4.69, 9.17) is 0 Å². The van der Waals surface area contributed by atoms with Gasteiger partial charge < -0.3 is 0 Å². The van der Waals surface area contributed by atoms with E-state index in [2.05, 4.69) is 50.0 Å². The quantitative estimate of drug-likeness (QED) is 0.735. The van der Waals surface area contributed by atoms with E-state index in [1.807, 2.05) is 19.9 Å². The third kappa shape index (κ3) is 3.21. The molecule has 1 heterocycles. The van der Waals surface area contributed by atoms with Gasteiger partial charge in [0.25, 0.3) is 0 Å². The van der Waals surface area contributed by atoms with Gasteiger partial charge in [-0.15, -0.1) is 0 Å². The number of nitrogens with zero attached hydrogens (tertiary/aromatic N) is 1. The summed E-state index contributed by atoms with van der Waals surface area (Å²) in [5, 5.41) is 0. The molecule has 0 fully saturated rings. The summed E-state index contributed by atoms with van der Waals surface area (Å²) in [5.74, 6) is 0.0760. The van der Waals surface area contributed by atoms with Gasteiger partial charge in [-0.3, -0.25) is 9.78 Å². The lowest BCUT2D eigenvalue weighted by Gasteiger charge is -2.19. The molecule has 0 radical (unpaired) electrons. The average molecular weight is 281 g/mol. The van der Waals surface area contributed by atoms with Crippen LogP contribution in [0.2, 0.25) is 0 Å². The van der Waals surface area contributed by atoms with Crippen molar-refractivity contribution in [1.82, 2.24) is 4.98 Å². The molecule has 0 aliphatic rings. The van der Waals surface area contributed by atoms with Crippen LogP contribution in [0.25, 0.3) is 11.3 Å². The van der Waals surface area contributed by atoms with Gasteiger partial charge in [-0.25, -0.2) is 0 Å². The van der Waals surface area contributed by atoms with Crippen molar-refractivity contribution in [2.75, 3.05) is 0 Å². The van der Waals surface area contributed by atoms with Crippen molar-refractivity contribution in [1.29, 1.82) is 0 Å². The van der Waals surface area contributed by atoms with Crippen LogP contribution in [0.1, 0.15) is 54.9 Å². The lowest BCUT2D eigenvalue weighted by atomic mass is 9.86. The van der Waals surface area contributed by atoms with E-state index in [1.54, 1.807) is 6.92 Å².